The molecule has 18 heavy (non-hydrogen) atoms. The maximum atomic E-state index is 12.0. The Morgan fingerprint density at radius 3 is 2.89 bits per heavy atom. The third kappa shape index (κ3) is 2.30. The van der Waals surface area contributed by atoms with Gasteiger partial charge in [-0.15, -0.1) is 0 Å². The van der Waals surface area contributed by atoms with E-state index < -0.39 is 22.7 Å². The Bertz CT molecular complexity index is 530. The molecule has 2 heterocycles. The summed E-state index contributed by atoms with van der Waals surface area (Å²) in [6.45, 7) is 0.345. The van der Waals surface area contributed by atoms with Gasteiger partial charge >= 0.3 is 5.97 Å². The van der Waals surface area contributed by atoms with E-state index in [0.717, 1.165) is 6.07 Å². The highest BCUT2D eigenvalue weighted by molar-refractivity contribution is 5.98. The molecule has 1 saturated heterocycles. The molecule has 0 saturated carbocycles. The van der Waals surface area contributed by atoms with Gasteiger partial charge in [-0.25, -0.2) is 5.10 Å². The zero-order chi connectivity index (χ0) is 13.2. The summed E-state index contributed by atoms with van der Waals surface area (Å²) in [4.78, 5) is 34.2. The lowest BCUT2D eigenvalue weighted by Crippen LogP contribution is -2.34. The Labute approximate surface area is 102 Å². The average molecular weight is 252 g/mol. The van der Waals surface area contributed by atoms with Gasteiger partial charge in [-0.05, 0) is 6.42 Å². The number of carbonyl (C=O) groups excluding carboxylic acids is 1. The number of hydrogen-bond donors (Lipinski definition) is 2. The number of hydrogen-bond acceptors (Lipinski definition) is 5. The van der Waals surface area contributed by atoms with Crippen molar-refractivity contribution >= 4 is 11.8 Å². The van der Waals surface area contributed by atoms with Crippen LogP contribution in [0.5, 0.6) is 0 Å². The first-order chi connectivity index (χ1) is 8.53. The average Bonchev–Trinajstić information content (AvgIpc) is 2.79. The summed E-state index contributed by atoms with van der Waals surface area (Å²) in [5.74, 6) is -1.47. The van der Waals surface area contributed by atoms with Crippen LogP contribution in [0.15, 0.2) is 17.1 Å². The fraction of sp³-hybridized carbons (Fsp3) is 0.455. The molecule has 1 aliphatic rings. The Morgan fingerprint density at radius 2 is 2.33 bits per heavy atom. The van der Waals surface area contributed by atoms with E-state index in [-0.39, 0.29) is 18.6 Å². The van der Waals surface area contributed by atoms with Crippen molar-refractivity contribution < 1.29 is 19.4 Å². The standard InChI is InChI=1S/C11H12N2O5/c14-8(7-3-9(15)13-12-5-7)4-11(10(16)17)1-2-18-6-11/h3,5H,1-2,4,6H2,(H,13,15)(H,16,17)/t11-/m0/s1. The van der Waals surface area contributed by atoms with Gasteiger partial charge in [0.25, 0.3) is 5.56 Å². The molecular formula is C11H12N2O5. The molecule has 7 heteroatoms. The zero-order valence-corrected chi connectivity index (χ0v) is 9.51. The number of rotatable bonds is 4. The van der Waals surface area contributed by atoms with Crippen molar-refractivity contribution in [3.8, 4) is 0 Å². The van der Waals surface area contributed by atoms with Gasteiger partial charge in [0, 0.05) is 24.7 Å². The second-order valence-electron chi connectivity index (χ2n) is 4.32. The predicted octanol–water partition coefficient (Wildman–Crippen LogP) is -0.166. The highest BCUT2D eigenvalue weighted by atomic mass is 16.5. The molecule has 1 aliphatic heterocycles. The lowest BCUT2D eigenvalue weighted by molar-refractivity contribution is -0.148. The number of Topliss-reactive ketones (excluding diaryl/α,β-unsaturated/α-hetero) is 1. The Kier molecular flexibility index (Phi) is 3.24. The molecule has 2 rings (SSSR count). The van der Waals surface area contributed by atoms with E-state index >= 15 is 0 Å². The zero-order valence-electron chi connectivity index (χ0n) is 9.51. The van der Waals surface area contributed by atoms with Crippen molar-refractivity contribution in [3.05, 3.63) is 28.2 Å². The second-order valence-corrected chi connectivity index (χ2v) is 4.32. The van der Waals surface area contributed by atoms with E-state index in [1.807, 2.05) is 0 Å². The normalized spacial score (nSPS) is 22.9. The molecule has 0 aromatic carbocycles. The number of carbonyl (C=O) groups is 2. The summed E-state index contributed by atoms with van der Waals surface area (Å²) in [5.41, 5.74) is -1.56. The smallest absolute Gasteiger partial charge is 0.312 e. The fourth-order valence-corrected chi connectivity index (χ4v) is 1.93. The number of carboxylic acids is 1. The first kappa shape index (κ1) is 12.4. The van der Waals surface area contributed by atoms with Crippen LogP contribution >= 0.6 is 0 Å². The Morgan fingerprint density at radius 1 is 1.56 bits per heavy atom. The van der Waals surface area contributed by atoms with Gasteiger partial charge in [0.05, 0.1) is 12.8 Å². The van der Waals surface area contributed by atoms with E-state index in [2.05, 4.69) is 10.2 Å². The first-order valence-electron chi connectivity index (χ1n) is 5.43. The lowest BCUT2D eigenvalue weighted by atomic mass is 9.81. The second kappa shape index (κ2) is 4.69. The minimum Gasteiger partial charge on any atom is -0.481 e. The van der Waals surface area contributed by atoms with Crippen molar-refractivity contribution in [1.82, 2.24) is 10.2 Å². The first-order valence-corrected chi connectivity index (χ1v) is 5.43. The summed E-state index contributed by atoms with van der Waals surface area (Å²) in [5, 5.41) is 14.9. The van der Waals surface area contributed by atoms with Gasteiger partial charge in [0.15, 0.2) is 5.78 Å². The minimum atomic E-state index is -1.18. The van der Waals surface area contributed by atoms with Crippen molar-refractivity contribution in [3.63, 3.8) is 0 Å². The predicted molar refractivity (Wildman–Crippen MR) is 59.3 cm³/mol. The van der Waals surface area contributed by atoms with Gasteiger partial charge in [-0.1, -0.05) is 0 Å². The quantitative estimate of drug-likeness (QED) is 0.720. The molecule has 0 unspecified atom stereocenters. The van der Waals surface area contributed by atoms with Crippen molar-refractivity contribution in [2.75, 3.05) is 13.2 Å². The van der Waals surface area contributed by atoms with Gasteiger partial charge in [0.2, 0.25) is 0 Å². The molecule has 0 bridgehead atoms. The molecule has 1 fully saturated rings. The number of nitrogens with one attached hydrogen (secondary N) is 1. The Balaban J connectivity index is 2.20. The minimum absolute atomic E-state index is 0.0185. The third-order valence-corrected chi connectivity index (χ3v) is 3.04. The number of ether oxygens (including phenoxy) is 1. The number of nitrogens with zero attached hydrogens (tertiary/aromatic N) is 1. The van der Waals surface area contributed by atoms with Crippen LogP contribution < -0.4 is 5.56 Å². The van der Waals surface area contributed by atoms with Crippen LogP contribution in [0.2, 0.25) is 0 Å². The van der Waals surface area contributed by atoms with Gasteiger partial charge in [-0.3, -0.25) is 14.4 Å². The maximum absolute atomic E-state index is 12.0. The molecular weight excluding hydrogens is 240 g/mol. The van der Waals surface area contributed by atoms with Crippen LogP contribution in [0, 0.1) is 5.41 Å². The van der Waals surface area contributed by atoms with Crippen LogP contribution in [0.1, 0.15) is 23.2 Å². The summed E-state index contributed by atoms with van der Waals surface area (Å²) >= 11 is 0. The molecule has 1 aromatic heterocycles. The molecule has 96 valence electrons. The third-order valence-electron chi connectivity index (χ3n) is 3.04. The van der Waals surface area contributed by atoms with Crippen LogP contribution in [0.25, 0.3) is 0 Å². The van der Waals surface area contributed by atoms with E-state index in [0.29, 0.717) is 13.0 Å². The number of carboxylic acid groups (broad SMARTS) is 1. The lowest BCUT2D eigenvalue weighted by Gasteiger charge is -2.20. The van der Waals surface area contributed by atoms with E-state index in [1.165, 1.54) is 6.20 Å². The van der Waals surface area contributed by atoms with Crippen LogP contribution in [-0.2, 0) is 9.53 Å². The van der Waals surface area contributed by atoms with Gasteiger partial charge in [0.1, 0.15) is 5.41 Å². The van der Waals surface area contributed by atoms with Crippen LogP contribution in [0.3, 0.4) is 0 Å². The molecule has 1 atom stereocenters. The van der Waals surface area contributed by atoms with Gasteiger partial charge < -0.3 is 9.84 Å². The summed E-state index contributed by atoms with van der Waals surface area (Å²) < 4.78 is 5.07. The molecule has 7 nitrogen and oxygen atoms in total. The van der Waals surface area contributed by atoms with E-state index in [1.54, 1.807) is 0 Å². The Hall–Kier alpha value is -2.02. The number of aromatic nitrogens is 2. The summed E-state index contributed by atoms with van der Waals surface area (Å²) in [7, 11) is 0. The van der Waals surface area contributed by atoms with E-state index in [9.17, 15) is 19.5 Å². The number of ketones is 1. The molecule has 0 spiro atoms. The molecule has 2 N–H and O–H groups in total. The highest BCUT2D eigenvalue weighted by Crippen LogP contribution is 2.33. The number of aromatic amines is 1. The van der Waals surface area contributed by atoms with Crippen molar-refractivity contribution in [2.24, 2.45) is 5.41 Å². The van der Waals surface area contributed by atoms with Crippen LogP contribution in [0.4, 0.5) is 0 Å². The maximum Gasteiger partial charge on any atom is 0.312 e. The molecule has 1 aromatic rings. The fourth-order valence-electron chi connectivity index (χ4n) is 1.93. The summed E-state index contributed by atoms with van der Waals surface area (Å²) in [6.07, 6.45) is 1.33. The van der Waals surface area contributed by atoms with E-state index in [4.69, 9.17) is 4.74 Å². The number of H-pyrrole nitrogens is 1. The highest BCUT2D eigenvalue weighted by Gasteiger charge is 2.44. The summed E-state index contributed by atoms with van der Waals surface area (Å²) in [6, 6.07) is 1.11. The largest absolute Gasteiger partial charge is 0.481 e. The van der Waals surface area contributed by atoms with Gasteiger partial charge in [-0.2, -0.15) is 5.10 Å². The van der Waals surface area contributed by atoms with Crippen molar-refractivity contribution in [2.45, 2.75) is 12.8 Å². The topological polar surface area (TPSA) is 109 Å². The molecule has 0 amide bonds. The monoisotopic (exact) mass is 252 g/mol. The molecule has 0 aliphatic carbocycles. The number of aliphatic carboxylic acids is 1. The van der Waals surface area contributed by atoms with Crippen molar-refractivity contribution in [1.29, 1.82) is 0 Å². The van der Waals surface area contributed by atoms with Crippen LogP contribution in [-0.4, -0.2) is 40.3 Å². The SMILES string of the molecule is O=C(C[C@@]1(C(=O)O)CCOC1)c1cn[nH]c(=O)c1. The molecule has 0 radical (unpaired) electrons.